The van der Waals surface area contributed by atoms with Crippen molar-refractivity contribution in [2.75, 3.05) is 38.2 Å². The minimum Gasteiger partial charge on any atom is -0.381 e. The molecule has 2 aromatic heterocycles. The maximum Gasteiger partial charge on any atom is 0.143 e. The van der Waals surface area contributed by atoms with Crippen molar-refractivity contribution in [3.63, 3.8) is 0 Å². The van der Waals surface area contributed by atoms with Crippen molar-refractivity contribution in [1.82, 2.24) is 15.3 Å². The van der Waals surface area contributed by atoms with Gasteiger partial charge in [0.05, 0.1) is 5.69 Å². The third-order valence-corrected chi connectivity index (χ3v) is 5.88. The van der Waals surface area contributed by atoms with Gasteiger partial charge in [-0.3, -0.25) is 9.78 Å². The predicted molar refractivity (Wildman–Crippen MR) is 114 cm³/mol. The molecule has 0 saturated carbocycles. The SMILES string of the molecule is O=C(Cc1cc(-c2cccc(NCC3CCOCC3)n2)ccn1)[C@@H]1CCCNC1. The van der Waals surface area contributed by atoms with Crippen molar-refractivity contribution in [3.8, 4) is 11.3 Å². The van der Waals surface area contributed by atoms with E-state index in [1.165, 1.54) is 0 Å². The molecule has 0 bridgehead atoms. The summed E-state index contributed by atoms with van der Waals surface area (Å²) in [5.74, 6) is 1.92. The van der Waals surface area contributed by atoms with Gasteiger partial charge in [-0.1, -0.05) is 6.07 Å². The van der Waals surface area contributed by atoms with Gasteiger partial charge in [0, 0.05) is 56.1 Å². The number of carbonyl (C=O) groups excluding carboxylic acids is 1. The number of piperidine rings is 1. The molecule has 0 radical (unpaired) electrons. The normalized spacial score (nSPS) is 20.3. The fourth-order valence-electron chi connectivity index (χ4n) is 4.08. The molecule has 4 rings (SSSR count). The van der Waals surface area contributed by atoms with Gasteiger partial charge in [-0.05, 0) is 62.4 Å². The first-order valence-corrected chi connectivity index (χ1v) is 10.8. The Labute approximate surface area is 172 Å². The number of nitrogens with zero attached hydrogens (tertiary/aromatic N) is 2. The van der Waals surface area contributed by atoms with E-state index >= 15 is 0 Å². The van der Waals surface area contributed by atoms with Gasteiger partial charge in [-0.15, -0.1) is 0 Å². The van der Waals surface area contributed by atoms with Crippen LogP contribution in [-0.2, 0) is 16.0 Å². The van der Waals surface area contributed by atoms with Gasteiger partial charge in [0.2, 0.25) is 0 Å². The van der Waals surface area contributed by atoms with Crippen LogP contribution in [0.3, 0.4) is 0 Å². The monoisotopic (exact) mass is 394 g/mol. The van der Waals surface area contributed by atoms with Crippen LogP contribution in [0.15, 0.2) is 36.5 Å². The average Bonchev–Trinajstić information content (AvgIpc) is 2.79. The summed E-state index contributed by atoms with van der Waals surface area (Å²) in [5.41, 5.74) is 2.72. The lowest BCUT2D eigenvalue weighted by Crippen LogP contribution is -2.35. The van der Waals surface area contributed by atoms with Crippen LogP contribution in [0.25, 0.3) is 11.3 Å². The van der Waals surface area contributed by atoms with Crippen LogP contribution in [0.1, 0.15) is 31.4 Å². The second-order valence-electron chi connectivity index (χ2n) is 8.07. The van der Waals surface area contributed by atoms with E-state index in [1.54, 1.807) is 6.20 Å². The van der Waals surface area contributed by atoms with Gasteiger partial charge in [0.1, 0.15) is 11.6 Å². The molecular formula is C23H30N4O2. The molecule has 29 heavy (non-hydrogen) atoms. The van der Waals surface area contributed by atoms with E-state index in [-0.39, 0.29) is 11.7 Å². The molecule has 1 atom stereocenters. The van der Waals surface area contributed by atoms with Crippen LogP contribution in [0.4, 0.5) is 5.82 Å². The molecule has 0 unspecified atom stereocenters. The largest absolute Gasteiger partial charge is 0.381 e. The molecule has 2 aromatic rings. The molecule has 2 fully saturated rings. The number of rotatable bonds is 7. The summed E-state index contributed by atoms with van der Waals surface area (Å²) in [7, 11) is 0. The van der Waals surface area contributed by atoms with Gasteiger partial charge in [0.15, 0.2) is 0 Å². The predicted octanol–water partition coefficient (Wildman–Crippen LogP) is 3.09. The molecule has 2 aliphatic heterocycles. The highest BCUT2D eigenvalue weighted by molar-refractivity contribution is 5.83. The number of Topliss-reactive ketones (excluding diaryl/α,β-unsaturated/α-hetero) is 1. The van der Waals surface area contributed by atoms with Crippen LogP contribution in [0, 0.1) is 11.8 Å². The topological polar surface area (TPSA) is 76.1 Å². The van der Waals surface area contributed by atoms with Gasteiger partial charge >= 0.3 is 0 Å². The van der Waals surface area contributed by atoms with Crippen molar-refractivity contribution in [1.29, 1.82) is 0 Å². The number of hydrogen-bond donors (Lipinski definition) is 2. The first-order chi connectivity index (χ1) is 14.3. The number of anilines is 1. The standard InChI is InChI=1S/C23H30N4O2/c28-22(19-3-2-9-24-16-19)14-20-13-18(6-10-25-20)21-4-1-5-23(27-21)26-15-17-7-11-29-12-8-17/h1,4-6,10,13,17,19,24H,2-3,7-9,11-12,14-16H2,(H,26,27)/t19-/m1/s1. The minimum absolute atomic E-state index is 0.116. The number of ether oxygens (including phenoxy) is 1. The Morgan fingerprint density at radius 3 is 2.93 bits per heavy atom. The van der Waals surface area contributed by atoms with Gasteiger partial charge in [-0.2, -0.15) is 0 Å². The fourth-order valence-corrected chi connectivity index (χ4v) is 4.08. The summed E-state index contributed by atoms with van der Waals surface area (Å²) >= 11 is 0. The van der Waals surface area contributed by atoms with E-state index in [4.69, 9.17) is 9.72 Å². The lowest BCUT2D eigenvalue weighted by Gasteiger charge is -2.22. The highest BCUT2D eigenvalue weighted by atomic mass is 16.5. The zero-order valence-electron chi connectivity index (χ0n) is 16.9. The van der Waals surface area contributed by atoms with Gasteiger partial charge < -0.3 is 15.4 Å². The molecule has 0 aliphatic carbocycles. The number of nitrogens with one attached hydrogen (secondary N) is 2. The van der Waals surface area contributed by atoms with Crippen molar-refractivity contribution in [2.45, 2.75) is 32.1 Å². The molecule has 4 heterocycles. The Balaban J connectivity index is 1.40. The van der Waals surface area contributed by atoms with E-state index in [0.29, 0.717) is 12.3 Å². The highest BCUT2D eigenvalue weighted by Crippen LogP contribution is 2.21. The fraction of sp³-hybridized carbons (Fsp3) is 0.522. The van der Waals surface area contributed by atoms with E-state index in [9.17, 15) is 4.79 Å². The highest BCUT2D eigenvalue weighted by Gasteiger charge is 2.21. The number of carbonyl (C=O) groups is 1. The summed E-state index contributed by atoms with van der Waals surface area (Å²) in [6.07, 6.45) is 6.42. The summed E-state index contributed by atoms with van der Waals surface area (Å²) in [5, 5.41) is 6.79. The van der Waals surface area contributed by atoms with E-state index in [0.717, 1.165) is 81.3 Å². The molecule has 6 nitrogen and oxygen atoms in total. The van der Waals surface area contributed by atoms with Crippen LogP contribution in [0.5, 0.6) is 0 Å². The zero-order valence-corrected chi connectivity index (χ0v) is 16.9. The Hall–Kier alpha value is -2.31. The molecule has 2 aliphatic rings. The Bertz CT molecular complexity index is 814. The Kier molecular flexibility index (Phi) is 6.85. The Morgan fingerprint density at radius 2 is 2.10 bits per heavy atom. The number of ketones is 1. The third kappa shape index (κ3) is 5.61. The zero-order chi connectivity index (χ0) is 19.9. The van der Waals surface area contributed by atoms with Gasteiger partial charge in [-0.25, -0.2) is 4.98 Å². The second-order valence-corrected chi connectivity index (χ2v) is 8.07. The van der Waals surface area contributed by atoms with Crippen LogP contribution < -0.4 is 10.6 Å². The summed E-state index contributed by atoms with van der Waals surface area (Å²) in [6.45, 7) is 4.44. The third-order valence-electron chi connectivity index (χ3n) is 5.88. The first-order valence-electron chi connectivity index (χ1n) is 10.8. The second kappa shape index (κ2) is 9.94. The molecule has 6 heteroatoms. The number of aromatic nitrogens is 2. The molecule has 2 saturated heterocycles. The van der Waals surface area contributed by atoms with E-state index in [2.05, 4.69) is 15.6 Å². The first kappa shape index (κ1) is 20.0. The quantitative estimate of drug-likeness (QED) is 0.752. The lowest BCUT2D eigenvalue weighted by molar-refractivity contribution is -0.122. The molecular weight excluding hydrogens is 364 g/mol. The smallest absolute Gasteiger partial charge is 0.143 e. The van der Waals surface area contributed by atoms with Crippen LogP contribution in [-0.4, -0.2) is 48.6 Å². The summed E-state index contributed by atoms with van der Waals surface area (Å²) < 4.78 is 5.43. The van der Waals surface area contributed by atoms with Crippen molar-refractivity contribution < 1.29 is 9.53 Å². The molecule has 0 aromatic carbocycles. The average molecular weight is 395 g/mol. The van der Waals surface area contributed by atoms with Crippen LogP contribution in [0.2, 0.25) is 0 Å². The number of pyridine rings is 2. The Morgan fingerprint density at radius 1 is 1.21 bits per heavy atom. The van der Waals surface area contributed by atoms with Crippen LogP contribution >= 0.6 is 0 Å². The van der Waals surface area contributed by atoms with E-state index < -0.39 is 0 Å². The van der Waals surface area contributed by atoms with Crippen molar-refractivity contribution >= 4 is 11.6 Å². The molecule has 2 N–H and O–H groups in total. The minimum atomic E-state index is 0.116. The summed E-state index contributed by atoms with van der Waals surface area (Å²) in [6, 6.07) is 9.99. The van der Waals surface area contributed by atoms with Crippen molar-refractivity contribution in [2.24, 2.45) is 11.8 Å². The lowest BCUT2D eigenvalue weighted by atomic mass is 9.92. The maximum absolute atomic E-state index is 12.6. The number of hydrogen-bond acceptors (Lipinski definition) is 6. The molecule has 0 spiro atoms. The van der Waals surface area contributed by atoms with Gasteiger partial charge in [0.25, 0.3) is 0 Å². The van der Waals surface area contributed by atoms with E-state index in [1.807, 2.05) is 30.3 Å². The molecule has 154 valence electrons. The summed E-state index contributed by atoms with van der Waals surface area (Å²) in [4.78, 5) is 21.8. The van der Waals surface area contributed by atoms with Crippen molar-refractivity contribution in [3.05, 3.63) is 42.2 Å². The maximum atomic E-state index is 12.6. The molecule has 0 amide bonds.